The van der Waals surface area contributed by atoms with Crippen LogP contribution in [0.4, 0.5) is 0 Å². The number of nitrogens with zero attached hydrogens (tertiary/aromatic N) is 4. The van der Waals surface area contributed by atoms with Gasteiger partial charge >= 0.3 is 0 Å². The molecule has 1 aliphatic rings. The third-order valence-electron chi connectivity index (χ3n) is 4.22. The van der Waals surface area contributed by atoms with E-state index < -0.39 is 10.0 Å². The van der Waals surface area contributed by atoms with Crippen LogP contribution in [0.25, 0.3) is 0 Å². The molecule has 9 heteroatoms. The molecule has 0 aliphatic carbocycles. The lowest BCUT2D eigenvalue weighted by atomic mass is 10.1. The Morgan fingerprint density at radius 1 is 1.23 bits per heavy atom. The average molecular weight is 443 g/mol. The fraction of sp³-hybridized carbons (Fsp3) is 0.529. The van der Waals surface area contributed by atoms with Gasteiger partial charge in [0.2, 0.25) is 15.9 Å². The van der Waals surface area contributed by atoms with E-state index in [1.54, 1.807) is 18.2 Å². The Hall–Kier alpha value is -1.29. The normalized spacial score (nSPS) is 17.1. The molecule has 0 saturated carbocycles. The molecule has 0 atom stereocenters. The molecule has 0 amide bonds. The van der Waals surface area contributed by atoms with Crippen LogP contribution >= 0.6 is 15.9 Å². The smallest absolute Gasteiger partial charge is 0.243 e. The van der Waals surface area contributed by atoms with Crippen molar-refractivity contribution < 1.29 is 12.9 Å². The highest BCUT2D eigenvalue weighted by atomic mass is 79.9. The quantitative estimate of drug-likeness (QED) is 0.683. The lowest BCUT2D eigenvalue weighted by Gasteiger charge is -2.33. The van der Waals surface area contributed by atoms with Gasteiger partial charge in [0, 0.05) is 37.1 Å². The SMILES string of the molecule is CC(C)Cc1noc(CN2CCN(S(=O)(=O)c3cccc(Br)c3)CC2)n1. The molecule has 7 nitrogen and oxygen atoms in total. The van der Waals surface area contributed by atoms with E-state index in [-0.39, 0.29) is 0 Å². The summed E-state index contributed by atoms with van der Waals surface area (Å²) in [5, 5.41) is 4.00. The second kappa shape index (κ2) is 8.16. The Bertz CT molecular complexity index is 845. The Balaban J connectivity index is 1.58. The summed E-state index contributed by atoms with van der Waals surface area (Å²) in [4.78, 5) is 6.87. The molecule has 2 aromatic rings. The van der Waals surface area contributed by atoms with Gasteiger partial charge in [-0.25, -0.2) is 8.42 Å². The molecule has 0 radical (unpaired) electrons. The summed E-state index contributed by atoms with van der Waals surface area (Å²) in [6, 6.07) is 6.81. The maximum absolute atomic E-state index is 12.8. The molecule has 1 aromatic carbocycles. The van der Waals surface area contributed by atoms with Crippen molar-refractivity contribution in [1.82, 2.24) is 19.3 Å². The third-order valence-corrected chi connectivity index (χ3v) is 6.61. The van der Waals surface area contributed by atoms with E-state index in [0.29, 0.717) is 49.4 Å². The summed E-state index contributed by atoms with van der Waals surface area (Å²) < 4.78 is 33.1. The third kappa shape index (κ3) is 4.70. The van der Waals surface area contributed by atoms with E-state index in [0.717, 1.165) is 16.7 Å². The summed E-state index contributed by atoms with van der Waals surface area (Å²) in [7, 11) is -3.46. The molecule has 1 saturated heterocycles. The molecule has 1 fully saturated rings. The summed E-state index contributed by atoms with van der Waals surface area (Å²) in [6.07, 6.45) is 0.794. The predicted octanol–water partition coefficient (Wildman–Crippen LogP) is 2.54. The van der Waals surface area contributed by atoms with Gasteiger partial charge in [-0.05, 0) is 24.1 Å². The fourth-order valence-corrected chi connectivity index (χ4v) is 4.92. The zero-order valence-electron chi connectivity index (χ0n) is 14.9. The zero-order chi connectivity index (χ0) is 18.7. The van der Waals surface area contributed by atoms with Crippen LogP contribution in [0.5, 0.6) is 0 Å². The maximum Gasteiger partial charge on any atom is 0.243 e. The highest BCUT2D eigenvalue weighted by molar-refractivity contribution is 9.10. The van der Waals surface area contributed by atoms with Crippen molar-refractivity contribution in [3.8, 4) is 0 Å². The first kappa shape index (κ1) is 19.5. The zero-order valence-corrected chi connectivity index (χ0v) is 17.3. The van der Waals surface area contributed by atoms with Crippen LogP contribution in [-0.4, -0.2) is 53.9 Å². The minimum Gasteiger partial charge on any atom is -0.338 e. The van der Waals surface area contributed by atoms with Crippen molar-refractivity contribution in [2.75, 3.05) is 26.2 Å². The van der Waals surface area contributed by atoms with Gasteiger partial charge < -0.3 is 4.52 Å². The van der Waals surface area contributed by atoms with Crippen molar-refractivity contribution in [3.63, 3.8) is 0 Å². The first-order chi connectivity index (χ1) is 12.3. The van der Waals surface area contributed by atoms with Crippen LogP contribution in [0.1, 0.15) is 25.6 Å². The molecular weight excluding hydrogens is 420 g/mol. The molecule has 2 heterocycles. The monoisotopic (exact) mass is 442 g/mol. The van der Waals surface area contributed by atoms with Gasteiger partial charge in [-0.2, -0.15) is 9.29 Å². The standard InChI is InChI=1S/C17H23BrN4O3S/c1-13(2)10-16-19-17(25-20-16)12-21-6-8-22(9-7-21)26(23,24)15-5-3-4-14(18)11-15/h3-5,11,13H,6-10,12H2,1-2H3. The van der Waals surface area contributed by atoms with Crippen LogP contribution in [0.15, 0.2) is 38.2 Å². The number of piperazine rings is 1. The van der Waals surface area contributed by atoms with E-state index >= 15 is 0 Å². The van der Waals surface area contributed by atoms with Gasteiger partial charge in [0.25, 0.3) is 0 Å². The molecule has 0 spiro atoms. The number of rotatable bonds is 6. The Labute approximate surface area is 162 Å². The molecular formula is C17H23BrN4O3S. The van der Waals surface area contributed by atoms with E-state index in [2.05, 4.69) is 44.8 Å². The molecule has 1 aromatic heterocycles. The first-order valence-electron chi connectivity index (χ1n) is 8.64. The number of benzene rings is 1. The number of hydrogen-bond donors (Lipinski definition) is 0. The van der Waals surface area contributed by atoms with Crippen LogP contribution in [-0.2, 0) is 23.0 Å². The van der Waals surface area contributed by atoms with Crippen molar-refractivity contribution in [3.05, 3.63) is 40.5 Å². The van der Waals surface area contributed by atoms with Crippen molar-refractivity contribution >= 4 is 26.0 Å². The fourth-order valence-electron chi connectivity index (χ4n) is 2.90. The Kier molecular flexibility index (Phi) is 6.11. The van der Waals surface area contributed by atoms with Crippen LogP contribution in [0, 0.1) is 5.92 Å². The Morgan fingerprint density at radius 3 is 2.62 bits per heavy atom. The lowest BCUT2D eigenvalue weighted by Crippen LogP contribution is -2.48. The van der Waals surface area contributed by atoms with Gasteiger partial charge in [0.05, 0.1) is 11.4 Å². The topological polar surface area (TPSA) is 79.5 Å². The molecule has 26 heavy (non-hydrogen) atoms. The van der Waals surface area contributed by atoms with Gasteiger partial charge in [-0.15, -0.1) is 0 Å². The maximum atomic E-state index is 12.8. The van der Waals surface area contributed by atoms with E-state index in [4.69, 9.17) is 4.52 Å². The second-order valence-electron chi connectivity index (χ2n) is 6.84. The molecule has 1 aliphatic heterocycles. The van der Waals surface area contributed by atoms with Gasteiger partial charge in [-0.3, -0.25) is 4.90 Å². The second-order valence-corrected chi connectivity index (χ2v) is 9.69. The minimum absolute atomic E-state index is 0.315. The molecule has 142 valence electrons. The largest absolute Gasteiger partial charge is 0.338 e. The minimum atomic E-state index is -3.46. The van der Waals surface area contributed by atoms with E-state index in [1.165, 1.54) is 4.31 Å². The highest BCUT2D eigenvalue weighted by Crippen LogP contribution is 2.21. The molecule has 0 unspecified atom stereocenters. The number of halogens is 1. The van der Waals surface area contributed by atoms with Gasteiger partial charge in [0.1, 0.15) is 0 Å². The number of sulfonamides is 1. The number of aromatic nitrogens is 2. The number of hydrogen-bond acceptors (Lipinski definition) is 6. The van der Waals surface area contributed by atoms with Crippen molar-refractivity contribution in [2.45, 2.75) is 31.7 Å². The lowest BCUT2D eigenvalue weighted by molar-refractivity contribution is 0.163. The highest BCUT2D eigenvalue weighted by Gasteiger charge is 2.29. The molecule has 0 N–H and O–H groups in total. The van der Waals surface area contributed by atoms with Crippen molar-refractivity contribution in [2.24, 2.45) is 5.92 Å². The van der Waals surface area contributed by atoms with Gasteiger partial charge in [-0.1, -0.05) is 41.0 Å². The van der Waals surface area contributed by atoms with E-state index in [1.807, 2.05) is 6.07 Å². The van der Waals surface area contributed by atoms with Gasteiger partial charge in [0.15, 0.2) is 5.82 Å². The van der Waals surface area contributed by atoms with Crippen LogP contribution in [0.2, 0.25) is 0 Å². The summed E-state index contributed by atoms with van der Waals surface area (Å²) >= 11 is 3.33. The van der Waals surface area contributed by atoms with E-state index in [9.17, 15) is 8.42 Å². The van der Waals surface area contributed by atoms with Crippen molar-refractivity contribution in [1.29, 1.82) is 0 Å². The summed E-state index contributed by atoms with van der Waals surface area (Å²) in [5.41, 5.74) is 0. The van der Waals surface area contributed by atoms with Crippen LogP contribution in [0.3, 0.4) is 0 Å². The molecule has 3 rings (SSSR count). The summed E-state index contributed by atoms with van der Waals surface area (Å²) in [6.45, 7) is 6.94. The van der Waals surface area contributed by atoms with Crippen LogP contribution < -0.4 is 0 Å². The first-order valence-corrected chi connectivity index (χ1v) is 10.9. The predicted molar refractivity (Wildman–Crippen MR) is 101 cm³/mol. The Morgan fingerprint density at radius 2 is 1.96 bits per heavy atom. The average Bonchev–Trinajstić information content (AvgIpc) is 3.01. The summed E-state index contributed by atoms with van der Waals surface area (Å²) in [5.74, 6) is 1.79. The molecule has 0 bridgehead atoms.